The van der Waals surface area contributed by atoms with Crippen LogP contribution in [-0.4, -0.2) is 10.9 Å². The minimum atomic E-state index is -0.129. The second-order valence-corrected chi connectivity index (χ2v) is 7.81. The van der Waals surface area contributed by atoms with Gasteiger partial charge < -0.3 is 9.88 Å². The molecule has 0 bridgehead atoms. The molecule has 3 aromatic rings. The second kappa shape index (κ2) is 8.01. The summed E-state index contributed by atoms with van der Waals surface area (Å²) in [5.41, 5.74) is 3.27. The Bertz CT molecular complexity index is 1030. The molecule has 1 N–H and O–H groups in total. The molecule has 0 unspecified atom stereocenters. The summed E-state index contributed by atoms with van der Waals surface area (Å²) in [7, 11) is 0. The van der Waals surface area contributed by atoms with Crippen LogP contribution in [0.3, 0.4) is 0 Å². The zero-order valence-corrected chi connectivity index (χ0v) is 16.3. The number of nitrogens with zero attached hydrogens (tertiary/aromatic N) is 1. The van der Waals surface area contributed by atoms with Gasteiger partial charge in [0.25, 0.3) is 5.56 Å². The van der Waals surface area contributed by atoms with Crippen LogP contribution in [-0.2, 0) is 11.3 Å². The maximum absolute atomic E-state index is 13.3. The Morgan fingerprint density at radius 2 is 1.79 bits per heavy atom. The van der Waals surface area contributed by atoms with Crippen molar-refractivity contribution in [1.29, 1.82) is 0 Å². The van der Waals surface area contributed by atoms with Crippen LogP contribution in [0.5, 0.6) is 0 Å². The van der Waals surface area contributed by atoms with Gasteiger partial charge in [0.2, 0.25) is 5.91 Å². The summed E-state index contributed by atoms with van der Waals surface area (Å²) >= 11 is 0. The number of pyridine rings is 1. The van der Waals surface area contributed by atoms with Gasteiger partial charge in [0.15, 0.2) is 0 Å². The molecule has 0 atom stereocenters. The average Bonchev–Trinajstić information content (AvgIpc) is 2.73. The highest BCUT2D eigenvalue weighted by molar-refractivity contribution is 5.95. The van der Waals surface area contributed by atoms with E-state index >= 15 is 0 Å². The molecule has 1 amide bonds. The quantitative estimate of drug-likeness (QED) is 0.702. The van der Waals surface area contributed by atoms with E-state index in [-0.39, 0.29) is 17.4 Å². The molecule has 1 heterocycles. The SMILES string of the molecule is Cc1ccc2cc(CN(C(=O)C3CCCCC3)c3ccccc3)c(=O)[nH]c2c1. The van der Waals surface area contributed by atoms with Crippen LogP contribution >= 0.6 is 0 Å². The Morgan fingerprint density at radius 3 is 2.54 bits per heavy atom. The molecule has 4 heteroatoms. The molecule has 1 aromatic heterocycles. The summed E-state index contributed by atoms with van der Waals surface area (Å²) in [6.07, 6.45) is 5.30. The second-order valence-electron chi connectivity index (χ2n) is 7.81. The Hall–Kier alpha value is -2.88. The van der Waals surface area contributed by atoms with Gasteiger partial charge in [-0.1, -0.05) is 49.6 Å². The molecule has 2 aromatic carbocycles. The van der Waals surface area contributed by atoms with Crippen LogP contribution < -0.4 is 10.5 Å². The van der Waals surface area contributed by atoms with Gasteiger partial charge >= 0.3 is 0 Å². The van der Waals surface area contributed by atoms with Crippen molar-refractivity contribution in [2.75, 3.05) is 4.90 Å². The normalized spacial score (nSPS) is 14.9. The van der Waals surface area contributed by atoms with Gasteiger partial charge in [-0.25, -0.2) is 0 Å². The summed E-state index contributed by atoms with van der Waals surface area (Å²) in [5, 5.41) is 0.985. The number of benzene rings is 2. The minimum Gasteiger partial charge on any atom is -0.322 e. The van der Waals surface area contributed by atoms with Gasteiger partial charge in [-0.15, -0.1) is 0 Å². The smallest absolute Gasteiger partial charge is 0.253 e. The Balaban J connectivity index is 1.70. The molecule has 144 valence electrons. The van der Waals surface area contributed by atoms with Crippen LogP contribution in [0.2, 0.25) is 0 Å². The molecular formula is C24H26N2O2. The Labute approximate surface area is 165 Å². The number of nitrogens with one attached hydrogen (secondary N) is 1. The average molecular weight is 374 g/mol. The van der Waals surface area contributed by atoms with E-state index in [2.05, 4.69) is 4.98 Å². The van der Waals surface area contributed by atoms with Gasteiger partial charge in [0, 0.05) is 22.7 Å². The molecule has 1 aliphatic rings. The number of amides is 1. The van der Waals surface area contributed by atoms with Crippen LogP contribution in [0.1, 0.15) is 43.2 Å². The molecule has 0 spiro atoms. The zero-order chi connectivity index (χ0) is 19.5. The van der Waals surface area contributed by atoms with Gasteiger partial charge in [-0.05, 0) is 55.0 Å². The maximum Gasteiger partial charge on any atom is 0.253 e. The van der Waals surface area contributed by atoms with Crippen molar-refractivity contribution in [2.24, 2.45) is 5.92 Å². The molecule has 0 radical (unpaired) electrons. The van der Waals surface area contributed by atoms with E-state index < -0.39 is 0 Å². The summed E-state index contributed by atoms with van der Waals surface area (Å²) in [4.78, 5) is 30.8. The van der Waals surface area contributed by atoms with Crippen LogP contribution in [0.4, 0.5) is 5.69 Å². The summed E-state index contributed by atoms with van der Waals surface area (Å²) in [6.45, 7) is 2.30. The summed E-state index contributed by atoms with van der Waals surface area (Å²) < 4.78 is 0. The number of anilines is 1. The lowest BCUT2D eigenvalue weighted by Crippen LogP contribution is -2.38. The van der Waals surface area contributed by atoms with E-state index in [0.29, 0.717) is 12.1 Å². The van der Waals surface area contributed by atoms with Crippen molar-refractivity contribution in [3.05, 3.63) is 76.1 Å². The first-order chi connectivity index (χ1) is 13.6. The minimum absolute atomic E-state index is 0.0520. The fourth-order valence-corrected chi connectivity index (χ4v) is 4.12. The summed E-state index contributed by atoms with van der Waals surface area (Å²) in [5.74, 6) is 0.186. The van der Waals surface area contributed by atoms with Gasteiger partial charge in [-0.2, -0.15) is 0 Å². The van der Waals surface area contributed by atoms with Crippen molar-refractivity contribution in [2.45, 2.75) is 45.6 Å². The third-order valence-electron chi connectivity index (χ3n) is 5.70. The fraction of sp³-hybridized carbons (Fsp3) is 0.333. The number of carbonyl (C=O) groups is 1. The van der Waals surface area contributed by atoms with Crippen LogP contribution in [0, 0.1) is 12.8 Å². The topological polar surface area (TPSA) is 53.2 Å². The number of hydrogen-bond donors (Lipinski definition) is 1. The molecule has 1 fully saturated rings. The highest BCUT2D eigenvalue weighted by atomic mass is 16.2. The van der Waals surface area contributed by atoms with E-state index in [1.165, 1.54) is 6.42 Å². The molecule has 0 aliphatic heterocycles. The number of aromatic amines is 1. The molecule has 4 nitrogen and oxygen atoms in total. The van der Waals surface area contributed by atoms with Gasteiger partial charge in [0.05, 0.1) is 6.54 Å². The van der Waals surface area contributed by atoms with E-state index in [9.17, 15) is 9.59 Å². The van der Waals surface area contributed by atoms with Crippen molar-refractivity contribution >= 4 is 22.5 Å². The molecular weight excluding hydrogens is 348 g/mol. The Morgan fingerprint density at radius 1 is 1.04 bits per heavy atom. The van der Waals surface area contributed by atoms with Gasteiger partial charge in [-0.3, -0.25) is 9.59 Å². The zero-order valence-electron chi connectivity index (χ0n) is 16.3. The highest BCUT2D eigenvalue weighted by Crippen LogP contribution is 2.28. The number of hydrogen-bond acceptors (Lipinski definition) is 2. The number of H-pyrrole nitrogens is 1. The third kappa shape index (κ3) is 3.86. The van der Waals surface area contributed by atoms with Gasteiger partial charge in [0.1, 0.15) is 0 Å². The monoisotopic (exact) mass is 374 g/mol. The standard InChI is InChI=1S/C24H26N2O2/c1-17-12-13-19-15-20(23(27)25-22(19)14-17)16-26(21-10-6-3-7-11-21)24(28)18-8-4-2-5-9-18/h3,6-7,10-15,18H,2,4-5,8-9,16H2,1H3,(H,25,27). The van der Waals surface area contributed by atoms with Crippen molar-refractivity contribution < 1.29 is 4.79 Å². The maximum atomic E-state index is 13.3. The molecule has 0 saturated heterocycles. The predicted molar refractivity (Wildman–Crippen MR) is 114 cm³/mol. The molecule has 1 aliphatic carbocycles. The van der Waals surface area contributed by atoms with Crippen molar-refractivity contribution in [3.8, 4) is 0 Å². The third-order valence-corrected chi connectivity index (χ3v) is 5.70. The Kier molecular flexibility index (Phi) is 5.29. The lowest BCUT2D eigenvalue weighted by atomic mass is 9.88. The number of para-hydroxylation sites is 1. The molecule has 28 heavy (non-hydrogen) atoms. The predicted octanol–water partition coefficient (Wildman–Crippen LogP) is 4.95. The number of fused-ring (bicyclic) bond motifs is 1. The van der Waals surface area contributed by atoms with Crippen LogP contribution in [0.25, 0.3) is 10.9 Å². The van der Waals surface area contributed by atoms with E-state index in [1.54, 1.807) is 4.90 Å². The number of rotatable bonds is 4. The van der Waals surface area contributed by atoms with Crippen molar-refractivity contribution in [3.63, 3.8) is 0 Å². The lowest BCUT2D eigenvalue weighted by molar-refractivity contribution is -0.123. The first kappa shape index (κ1) is 18.5. The first-order valence-corrected chi connectivity index (χ1v) is 10.1. The van der Waals surface area contributed by atoms with E-state index in [0.717, 1.165) is 47.8 Å². The largest absolute Gasteiger partial charge is 0.322 e. The first-order valence-electron chi connectivity index (χ1n) is 10.1. The van der Waals surface area contributed by atoms with E-state index in [1.807, 2.05) is 61.5 Å². The number of aryl methyl sites for hydroxylation is 1. The highest BCUT2D eigenvalue weighted by Gasteiger charge is 2.27. The van der Waals surface area contributed by atoms with Crippen molar-refractivity contribution in [1.82, 2.24) is 4.98 Å². The number of carbonyl (C=O) groups excluding carboxylic acids is 1. The summed E-state index contributed by atoms with van der Waals surface area (Å²) in [6, 6.07) is 17.6. The number of aromatic nitrogens is 1. The van der Waals surface area contributed by atoms with Crippen LogP contribution in [0.15, 0.2) is 59.4 Å². The molecule has 4 rings (SSSR count). The lowest BCUT2D eigenvalue weighted by Gasteiger charge is -2.29. The fourth-order valence-electron chi connectivity index (χ4n) is 4.12. The molecule has 1 saturated carbocycles. The van der Waals surface area contributed by atoms with E-state index in [4.69, 9.17) is 0 Å².